The molecule has 0 saturated heterocycles. The summed E-state index contributed by atoms with van der Waals surface area (Å²) in [7, 11) is 0. The Balaban J connectivity index is 1.29. The van der Waals surface area contributed by atoms with E-state index in [2.05, 4.69) is 188 Å². The van der Waals surface area contributed by atoms with Gasteiger partial charge in [-0.25, -0.2) is 0 Å². The quantitative estimate of drug-likeness (QED) is 0.170. The number of fused-ring (bicyclic) bond motifs is 7. The maximum atomic E-state index is 6.72. The van der Waals surface area contributed by atoms with E-state index < -0.39 is 0 Å². The minimum absolute atomic E-state index is 0.901. The third kappa shape index (κ3) is 4.64. The molecule has 0 N–H and O–H groups in total. The van der Waals surface area contributed by atoms with Crippen molar-refractivity contribution in [2.45, 2.75) is 0 Å². The molecule has 246 valence electrons. The van der Waals surface area contributed by atoms with Gasteiger partial charge in [-0.3, -0.25) is 0 Å². The molecule has 0 atom stereocenters. The smallest absolute Gasteiger partial charge is 0.143 e. The molecule has 0 fully saturated rings. The summed E-state index contributed by atoms with van der Waals surface area (Å²) in [6, 6.07) is 70.7. The van der Waals surface area contributed by atoms with E-state index in [1.807, 2.05) is 6.07 Å². The SMILES string of the molecule is c1cc(-c2ccc3ccccc3c2)c(-c2c3ccccc3c(-c3ccc4ccccc4c3)c3ccccc23)c(-c2cccc3c2oc2ccccc23)c1. The van der Waals surface area contributed by atoms with Crippen molar-refractivity contribution in [3.8, 4) is 44.5 Å². The summed E-state index contributed by atoms with van der Waals surface area (Å²) >= 11 is 0. The fraction of sp³-hybridized carbons (Fsp3) is 0. The van der Waals surface area contributed by atoms with Crippen molar-refractivity contribution in [3.05, 3.63) is 194 Å². The standard InChI is InChI=1S/C52H32O/c1-3-15-35-31-37(29-27-33(35)13-1)39-22-11-23-45(47-25-12-24-46-40-17-9-10-26-48(40)53-52(46)47)50(39)51-43-20-7-5-18-41(43)49(42-19-6-8-21-44(42)51)38-30-28-34-14-2-4-16-36(34)32-38/h1-32H. The number of benzene rings is 10. The molecule has 0 amide bonds. The number of hydrogen-bond donors (Lipinski definition) is 0. The highest BCUT2D eigenvalue weighted by Crippen LogP contribution is 2.50. The Hall–Kier alpha value is -6.96. The molecular formula is C52H32O. The lowest BCUT2D eigenvalue weighted by atomic mass is 9.80. The maximum Gasteiger partial charge on any atom is 0.143 e. The molecule has 0 unspecified atom stereocenters. The summed E-state index contributed by atoms with van der Waals surface area (Å²) in [4.78, 5) is 0. The molecule has 1 aromatic heterocycles. The highest BCUT2D eigenvalue weighted by atomic mass is 16.3. The Morgan fingerprint density at radius 1 is 0.264 bits per heavy atom. The van der Waals surface area contributed by atoms with E-state index in [0.717, 1.165) is 33.1 Å². The average Bonchev–Trinajstić information content (AvgIpc) is 3.61. The highest BCUT2D eigenvalue weighted by Gasteiger charge is 2.24. The van der Waals surface area contributed by atoms with Crippen LogP contribution in [-0.4, -0.2) is 0 Å². The molecule has 1 nitrogen and oxygen atoms in total. The van der Waals surface area contributed by atoms with Crippen molar-refractivity contribution < 1.29 is 4.42 Å². The summed E-state index contributed by atoms with van der Waals surface area (Å²) in [6.07, 6.45) is 0. The number of para-hydroxylation sites is 2. The molecule has 0 bridgehead atoms. The zero-order valence-electron chi connectivity index (χ0n) is 28.9. The molecule has 0 radical (unpaired) electrons. The Morgan fingerprint density at radius 3 is 1.42 bits per heavy atom. The van der Waals surface area contributed by atoms with E-state index >= 15 is 0 Å². The first-order chi connectivity index (χ1) is 26.3. The fourth-order valence-electron chi connectivity index (χ4n) is 8.66. The second-order valence-electron chi connectivity index (χ2n) is 14.0. The van der Waals surface area contributed by atoms with Gasteiger partial charge < -0.3 is 4.42 Å². The molecule has 11 aromatic rings. The molecule has 0 aliphatic heterocycles. The molecular weight excluding hydrogens is 641 g/mol. The lowest BCUT2D eigenvalue weighted by Gasteiger charge is -2.22. The third-order valence-corrected chi connectivity index (χ3v) is 11.0. The average molecular weight is 673 g/mol. The predicted octanol–water partition coefficient (Wildman–Crippen LogP) is 14.9. The molecule has 10 aromatic carbocycles. The fourth-order valence-corrected chi connectivity index (χ4v) is 8.66. The van der Waals surface area contributed by atoms with Crippen molar-refractivity contribution in [1.82, 2.24) is 0 Å². The van der Waals surface area contributed by atoms with Crippen LogP contribution >= 0.6 is 0 Å². The van der Waals surface area contributed by atoms with Gasteiger partial charge in [0, 0.05) is 16.3 Å². The molecule has 11 rings (SSSR count). The Labute approximate surface area is 307 Å². The molecule has 53 heavy (non-hydrogen) atoms. The molecule has 1 heterocycles. The van der Waals surface area contributed by atoms with Crippen molar-refractivity contribution in [2.75, 3.05) is 0 Å². The second-order valence-corrected chi connectivity index (χ2v) is 14.0. The summed E-state index contributed by atoms with van der Waals surface area (Å²) in [5, 5.41) is 12.1. The molecule has 1 heteroatoms. The minimum Gasteiger partial charge on any atom is -0.455 e. The molecule has 0 spiro atoms. The summed E-state index contributed by atoms with van der Waals surface area (Å²) in [5.74, 6) is 0. The predicted molar refractivity (Wildman–Crippen MR) is 225 cm³/mol. The lowest BCUT2D eigenvalue weighted by Crippen LogP contribution is -1.95. The summed E-state index contributed by atoms with van der Waals surface area (Å²) < 4.78 is 6.72. The minimum atomic E-state index is 0.901. The van der Waals surface area contributed by atoms with E-state index in [1.54, 1.807) is 0 Å². The van der Waals surface area contributed by atoms with E-state index in [-0.39, 0.29) is 0 Å². The first-order valence-electron chi connectivity index (χ1n) is 18.3. The van der Waals surface area contributed by atoms with Gasteiger partial charge in [-0.05, 0) is 100 Å². The van der Waals surface area contributed by atoms with Crippen molar-refractivity contribution in [2.24, 2.45) is 0 Å². The maximum absolute atomic E-state index is 6.72. The lowest BCUT2D eigenvalue weighted by molar-refractivity contribution is 0.670. The first-order valence-corrected chi connectivity index (χ1v) is 18.3. The zero-order valence-corrected chi connectivity index (χ0v) is 28.9. The van der Waals surface area contributed by atoms with Crippen LogP contribution in [0, 0.1) is 0 Å². The van der Waals surface area contributed by atoms with Crippen LogP contribution in [0.1, 0.15) is 0 Å². The van der Waals surface area contributed by atoms with Gasteiger partial charge >= 0.3 is 0 Å². The third-order valence-electron chi connectivity index (χ3n) is 11.0. The largest absolute Gasteiger partial charge is 0.455 e. The first kappa shape index (κ1) is 29.7. The van der Waals surface area contributed by atoms with Gasteiger partial charge in [0.15, 0.2) is 0 Å². The number of furan rings is 1. The highest BCUT2D eigenvalue weighted by molar-refractivity contribution is 6.25. The van der Waals surface area contributed by atoms with Gasteiger partial charge in [-0.1, -0.05) is 176 Å². The van der Waals surface area contributed by atoms with Crippen LogP contribution in [0.15, 0.2) is 199 Å². The van der Waals surface area contributed by atoms with Gasteiger partial charge in [-0.15, -0.1) is 0 Å². The second kappa shape index (κ2) is 11.8. The van der Waals surface area contributed by atoms with Gasteiger partial charge in [0.05, 0.1) is 0 Å². The van der Waals surface area contributed by atoms with E-state index in [4.69, 9.17) is 4.42 Å². The van der Waals surface area contributed by atoms with E-state index in [9.17, 15) is 0 Å². The monoisotopic (exact) mass is 672 g/mol. The molecule has 0 aliphatic carbocycles. The van der Waals surface area contributed by atoms with Crippen LogP contribution in [0.5, 0.6) is 0 Å². The number of rotatable bonds is 4. The van der Waals surface area contributed by atoms with Gasteiger partial charge in [0.25, 0.3) is 0 Å². The van der Waals surface area contributed by atoms with Crippen LogP contribution in [0.3, 0.4) is 0 Å². The van der Waals surface area contributed by atoms with Crippen LogP contribution in [0.4, 0.5) is 0 Å². The van der Waals surface area contributed by atoms with Crippen molar-refractivity contribution in [3.63, 3.8) is 0 Å². The van der Waals surface area contributed by atoms with Gasteiger partial charge in [0.2, 0.25) is 0 Å². The van der Waals surface area contributed by atoms with Crippen LogP contribution in [0.2, 0.25) is 0 Å². The number of hydrogen-bond acceptors (Lipinski definition) is 1. The Kier molecular flexibility index (Phi) is 6.62. The van der Waals surface area contributed by atoms with E-state index in [0.29, 0.717) is 0 Å². The van der Waals surface area contributed by atoms with Crippen LogP contribution < -0.4 is 0 Å². The van der Waals surface area contributed by atoms with E-state index in [1.165, 1.54) is 76.5 Å². The Morgan fingerprint density at radius 2 is 0.736 bits per heavy atom. The van der Waals surface area contributed by atoms with Gasteiger partial charge in [-0.2, -0.15) is 0 Å². The molecule has 0 saturated carbocycles. The zero-order chi connectivity index (χ0) is 34.9. The normalized spacial score (nSPS) is 11.8. The van der Waals surface area contributed by atoms with Crippen molar-refractivity contribution in [1.29, 1.82) is 0 Å². The van der Waals surface area contributed by atoms with Crippen molar-refractivity contribution >= 4 is 65.0 Å². The Bertz CT molecular complexity index is 3180. The summed E-state index contributed by atoms with van der Waals surface area (Å²) in [6.45, 7) is 0. The topological polar surface area (TPSA) is 13.1 Å². The summed E-state index contributed by atoms with van der Waals surface area (Å²) in [5.41, 5.74) is 11.3. The van der Waals surface area contributed by atoms with Crippen LogP contribution in [0.25, 0.3) is 110 Å². The van der Waals surface area contributed by atoms with Gasteiger partial charge in [0.1, 0.15) is 11.2 Å². The molecule has 0 aliphatic rings. The van der Waals surface area contributed by atoms with Crippen LogP contribution in [-0.2, 0) is 0 Å².